The minimum absolute atomic E-state index is 0.114. The molecular formula is C29H46O2. The van der Waals surface area contributed by atoms with E-state index in [-0.39, 0.29) is 17.8 Å². The lowest BCUT2D eigenvalue weighted by Crippen LogP contribution is -2.52. The summed E-state index contributed by atoms with van der Waals surface area (Å²) in [6, 6.07) is 0. The van der Waals surface area contributed by atoms with Gasteiger partial charge in [-0.2, -0.15) is 0 Å². The molecule has 1 N–H and O–H groups in total. The normalized spacial score (nSPS) is 45.4. The van der Waals surface area contributed by atoms with Gasteiger partial charge in [-0.15, -0.1) is 0 Å². The monoisotopic (exact) mass is 426 g/mol. The molecule has 9 atom stereocenters. The fourth-order valence-corrected chi connectivity index (χ4v) is 8.81. The number of ketones is 1. The van der Waals surface area contributed by atoms with Gasteiger partial charge in [0.2, 0.25) is 0 Å². The molecule has 2 nitrogen and oxygen atoms in total. The highest BCUT2D eigenvalue weighted by atomic mass is 16.3. The van der Waals surface area contributed by atoms with Gasteiger partial charge in [0, 0.05) is 6.42 Å². The van der Waals surface area contributed by atoms with Crippen LogP contribution in [0.5, 0.6) is 0 Å². The predicted octanol–water partition coefficient (Wildman–Crippen LogP) is 6.98. The van der Waals surface area contributed by atoms with E-state index in [1.165, 1.54) is 32.1 Å². The van der Waals surface area contributed by atoms with Crippen LogP contribution in [0.3, 0.4) is 0 Å². The molecular weight excluding hydrogens is 380 g/mol. The van der Waals surface area contributed by atoms with Crippen molar-refractivity contribution < 1.29 is 9.90 Å². The number of carbonyl (C=O) groups excluding carboxylic acids is 1. The van der Waals surface area contributed by atoms with Crippen molar-refractivity contribution in [2.75, 3.05) is 0 Å². The second-order valence-electron chi connectivity index (χ2n) is 12.6. The molecule has 31 heavy (non-hydrogen) atoms. The molecule has 4 rings (SSSR count). The Labute approximate surface area is 191 Å². The number of rotatable bonds is 5. The number of aliphatic hydroxyl groups excluding tert-OH is 1. The van der Waals surface area contributed by atoms with Crippen LogP contribution in [-0.4, -0.2) is 17.0 Å². The number of carbonyl (C=O) groups is 1. The summed E-state index contributed by atoms with van der Waals surface area (Å²) < 4.78 is 0. The van der Waals surface area contributed by atoms with E-state index in [4.69, 9.17) is 0 Å². The highest BCUT2D eigenvalue weighted by molar-refractivity contribution is 5.95. The van der Waals surface area contributed by atoms with E-state index in [1.807, 2.05) is 0 Å². The van der Waals surface area contributed by atoms with Gasteiger partial charge in [0.15, 0.2) is 5.78 Å². The van der Waals surface area contributed by atoms with Crippen molar-refractivity contribution in [2.45, 2.75) is 99.0 Å². The number of fused-ring (bicyclic) bond motifs is 5. The molecule has 0 aromatic rings. The average Bonchev–Trinajstić information content (AvgIpc) is 3.07. The molecule has 0 spiro atoms. The molecule has 2 heteroatoms. The Morgan fingerprint density at radius 3 is 2.42 bits per heavy atom. The maximum Gasteiger partial charge on any atom is 0.158 e. The van der Waals surface area contributed by atoms with Gasteiger partial charge < -0.3 is 5.11 Å². The molecule has 0 aromatic heterocycles. The van der Waals surface area contributed by atoms with Crippen LogP contribution in [-0.2, 0) is 4.79 Å². The van der Waals surface area contributed by atoms with Gasteiger partial charge in [-0.3, -0.25) is 4.79 Å². The highest BCUT2D eigenvalue weighted by Gasteiger charge is 2.59. The van der Waals surface area contributed by atoms with Crippen molar-refractivity contribution >= 4 is 5.78 Å². The molecule has 0 aliphatic heterocycles. The van der Waals surface area contributed by atoms with Gasteiger partial charge >= 0.3 is 0 Å². The molecule has 0 radical (unpaired) electrons. The maximum atomic E-state index is 12.8. The maximum absolute atomic E-state index is 12.8. The molecule has 3 fully saturated rings. The first kappa shape index (κ1) is 23.3. The second kappa shape index (κ2) is 8.15. The Morgan fingerprint density at radius 2 is 1.74 bits per heavy atom. The van der Waals surface area contributed by atoms with Gasteiger partial charge in [-0.25, -0.2) is 0 Å². The first-order valence-electron chi connectivity index (χ1n) is 13.1. The van der Waals surface area contributed by atoms with Gasteiger partial charge in [-0.05, 0) is 103 Å². The largest absolute Gasteiger partial charge is 0.393 e. The van der Waals surface area contributed by atoms with Crippen LogP contribution >= 0.6 is 0 Å². The lowest BCUT2D eigenvalue weighted by molar-refractivity contribution is -0.117. The molecule has 0 amide bonds. The molecule has 0 heterocycles. The second-order valence-corrected chi connectivity index (χ2v) is 12.6. The van der Waals surface area contributed by atoms with Crippen molar-refractivity contribution in [1.82, 2.24) is 0 Å². The van der Waals surface area contributed by atoms with Gasteiger partial charge in [-0.1, -0.05) is 59.8 Å². The highest BCUT2D eigenvalue weighted by Crippen LogP contribution is 2.67. The molecule has 4 aliphatic carbocycles. The number of aliphatic hydroxyl groups is 1. The van der Waals surface area contributed by atoms with Crippen molar-refractivity contribution in [2.24, 2.45) is 52.3 Å². The molecule has 0 saturated heterocycles. The smallest absolute Gasteiger partial charge is 0.158 e. The Morgan fingerprint density at radius 1 is 1.10 bits per heavy atom. The number of hydrogen-bond acceptors (Lipinski definition) is 2. The summed E-state index contributed by atoms with van der Waals surface area (Å²) in [5, 5.41) is 10.5. The molecule has 0 aromatic carbocycles. The first-order chi connectivity index (χ1) is 14.5. The topological polar surface area (TPSA) is 37.3 Å². The lowest BCUT2D eigenvalue weighted by Gasteiger charge is -2.59. The SMILES string of the molecule is C=C(C(=O)CC(C)C1CCC2C3=CCC4C(C)C(O)CCC4(C)C3CCC21C)C(C)C. The number of hydrogen-bond donors (Lipinski definition) is 1. The summed E-state index contributed by atoms with van der Waals surface area (Å²) in [6.45, 7) is 17.9. The summed E-state index contributed by atoms with van der Waals surface area (Å²) in [7, 11) is 0. The average molecular weight is 427 g/mol. The van der Waals surface area contributed by atoms with E-state index in [9.17, 15) is 9.90 Å². The van der Waals surface area contributed by atoms with Gasteiger partial charge in [0.1, 0.15) is 0 Å². The zero-order chi connectivity index (χ0) is 22.7. The van der Waals surface area contributed by atoms with E-state index >= 15 is 0 Å². The molecule has 4 aliphatic rings. The van der Waals surface area contributed by atoms with Crippen molar-refractivity contribution in [3.8, 4) is 0 Å². The van der Waals surface area contributed by atoms with Crippen LogP contribution in [0.25, 0.3) is 0 Å². The third kappa shape index (κ3) is 3.60. The zero-order valence-electron chi connectivity index (χ0n) is 20.9. The minimum Gasteiger partial charge on any atom is -0.393 e. The fraction of sp³-hybridized carbons (Fsp3) is 0.828. The van der Waals surface area contributed by atoms with Gasteiger partial charge in [0.05, 0.1) is 6.10 Å². The lowest BCUT2D eigenvalue weighted by atomic mass is 9.46. The molecule has 174 valence electrons. The standard InChI is InChI=1S/C29H46O2/c1-17(2)19(4)27(31)16-18(3)22-10-11-24-21-8-9-23-20(5)26(30)13-15-29(23,7)25(21)12-14-28(22,24)6/h8,17-18,20,22-26,30H,4,9-16H2,1-3,5-7H3. The van der Waals surface area contributed by atoms with E-state index in [1.54, 1.807) is 5.57 Å². The van der Waals surface area contributed by atoms with Crippen LogP contribution in [0, 0.1) is 52.3 Å². The Kier molecular flexibility index (Phi) is 6.12. The van der Waals surface area contributed by atoms with Crippen LogP contribution in [0.1, 0.15) is 92.9 Å². The summed E-state index contributed by atoms with van der Waals surface area (Å²) >= 11 is 0. The number of allylic oxidation sites excluding steroid dienone is 3. The minimum atomic E-state index is -0.114. The fourth-order valence-electron chi connectivity index (χ4n) is 8.81. The third-order valence-corrected chi connectivity index (χ3v) is 10.9. The first-order valence-corrected chi connectivity index (χ1v) is 13.1. The van der Waals surface area contributed by atoms with E-state index < -0.39 is 0 Å². The van der Waals surface area contributed by atoms with Crippen molar-refractivity contribution in [3.05, 3.63) is 23.8 Å². The zero-order valence-corrected chi connectivity index (χ0v) is 20.9. The molecule has 3 saturated carbocycles. The van der Waals surface area contributed by atoms with Crippen LogP contribution in [0.2, 0.25) is 0 Å². The van der Waals surface area contributed by atoms with Crippen molar-refractivity contribution in [1.29, 1.82) is 0 Å². The van der Waals surface area contributed by atoms with Crippen LogP contribution in [0.4, 0.5) is 0 Å². The van der Waals surface area contributed by atoms with Crippen LogP contribution < -0.4 is 0 Å². The van der Waals surface area contributed by atoms with E-state index in [0.29, 0.717) is 52.8 Å². The summed E-state index contributed by atoms with van der Waals surface area (Å²) in [5.41, 5.74) is 3.27. The Balaban J connectivity index is 1.54. The summed E-state index contributed by atoms with van der Waals surface area (Å²) in [5.74, 6) is 4.06. The Bertz CT molecular complexity index is 763. The summed E-state index contributed by atoms with van der Waals surface area (Å²) in [4.78, 5) is 12.8. The van der Waals surface area contributed by atoms with Crippen molar-refractivity contribution in [3.63, 3.8) is 0 Å². The molecule has 0 bridgehead atoms. The third-order valence-electron chi connectivity index (χ3n) is 10.9. The number of Topliss-reactive ketones (excluding diaryl/α,β-unsaturated/α-hetero) is 1. The quantitative estimate of drug-likeness (QED) is 0.380. The van der Waals surface area contributed by atoms with Gasteiger partial charge in [0.25, 0.3) is 0 Å². The van der Waals surface area contributed by atoms with E-state index in [2.05, 4.69) is 54.2 Å². The summed E-state index contributed by atoms with van der Waals surface area (Å²) in [6.07, 6.45) is 11.6. The molecule has 9 unspecified atom stereocenters. The van der Waals surface area contributed by atoms with E-state index in [0.717, 1.165) is 18.4 Å². The predicted molar refractivity (Wildman–Crippen MR) is 129 cm³/mol. The Hall–Kier alpha value is -0.890. The van der Waals surface area contributed by atoms with Crippen LogP contribution in [0.15, 0.2) is 23.8 Å².